The average molecular weight is 286 g/mol. The molecule has 0 bridgehead atoms. The van der Waals surface area contributed by atoms with Crippen LogP contribution in [0.3, 0.4) is 0 Å². The fourth-order valence-electron chi connectivity index (χ4n) is 1.99. The van der Waals surface area contributed by atoms with Crippen molar-refractivity contribution in [3.63, 3.8) is 0 Å². The van der Waals surface area contributed by atoms with Gasteiger partial charge in [-0.25, -0.2) is 9.97 Å². The van der Waals surface area contributed by atoms with E-state index in [1.54, 1.807) is 6.07 Å². The van der Waals surface area contributed by atoms with Gasteiger partial charge < -0.3 is 20.5 Å². The molecule has 0 amide bonds. The van der Waals surface area contributed by atoms with E-state index in [0.29, 0.717) is 17.5 Å². The van der Waals surface area contributed by atoms with Crippen LogP contribution in [0.2, 0.25) is 0 Å². The zero-order valence-electron chi connectivity index (χ0n) is 12.3. The highest BCUT2D eigenvalue weighted by molar-refractivity contribution is 5.63. The molecule has 2 aromatic rings. The lowest BCUT2D eigenvalue weighted by Crippen LogP contribution is -2.17. The van der Waals surface area contributed by atoms with E-state index in [1.807, 2.05) is 39.0 Å². The third-order valence-corrected chi connectivity index (χ3v) is 3.06. The summed E-state index contributed by atoms with van der Waals surface area (Å²) in [5.74, 6) is 3.27. The number of nitrogens with zero attached hydrogens (tertiary/aromatic N) is 2. The molecule has 1 aliphatic heterocycles. The molecule has 0 atom stereocenters. The summed E-state index contributed by atoms with van der Waals surface area (Å²) in [7, 11) is 0. The van der Waals surface area contributed by atoms with Crippen LogP contribution in [0.4, 0.5) is 17.3 Å². The second-order valence-electron chi connectivity index (χ2n) is 5.94. The van der Waals surface area contributed by atoms with Gasteiger partial charge in [-0.15, -0.1) is 0 Å². The van der Waals surface area contributed by atoms with Gasteiger partial charge in [-0.3, -0.25) is 0 Å². The second-order valence-corrected chi connectivity index (χ2v) is 5.94. The summed E-state index contributed by atoms with van der Waals surface area (Å²) >= 11 is 0. The molecule has 2 heterocycles. The molecule has 0 fully saturated rings. The summed E-state index contributed by atoms with van der Waals surface area (Å²) < 4.78 is 10.6. The van der Waals surface area contributed by atoms with Crippen molar-refractivity contribution in [3.05, 3.63) is 30.1 Å². The van der Waals surface area contributed by atoms with Gasteiger partial charge in [0.2, 0.25) is 6.79 Å². The monoisotopic (exact) mass is 286 g/mol. The lowest BCUT2D eigenvalue weighted by Gasteiger charge is -2.18. The highest BCUT2D eigenvalue weighted by atomic mass is 16.7. The van der Waals surface area contributed by atoms with Crippen LogP contribution in [0, 0.1) is 0 Å². The minimum atomic E-state index is -0.166. The number of benzene rings is 1. The number of hydrogen-bond donors (Lipinski definition) is 2. The number of nitrogens with two attached hydrogens (primary N) is 1. The lowest BCUT2D eigenvalue weighted by atomic mass is 9.96. The van der Waals surface area contributed by atoms with Crippen LogP contribution in [0.25, 0.3) is 0 Å². The molecule has 3 rings (SSSR count). The Morgan fingerprint density at radius 3 is 2.62 bits per heavy atom. The molecule has 0 radical (unpaired) electrons. The van der Waals surface area contributed by atoms with Crippen LogP contribution < -0.4 is 20.5 Å². The summed E-state index contributed by atoms with van der Waals surface area (Å²) in [6.45, 7) is 6.40. The fraction of sp³-hybridized carbons (Fsp3) is 0.333. The fourth-order valence-corrected chi connectivity index (χ4v) is 1.99. The predicted octanol–water partition coefficient (Wildman–Crippen LogP) is 2.83. The summed E-state index contributed by atoms with van der Waals surface area (Å²) in [5, 5.41) is 3.22. The average Bonchev–Trinajstić information content (AvgIpc) is 2.84. The van der Waals surface area contributed by atoms with Crippen LogP contribution >= 0.6 is 0 Å². The largest absolute Gasteiger partial charge is 0.454 e. The Morgan fingerprint density at radius 1 is 1.10 bits per heavy atom. The van der Waals surface area contributed by atoms with Crippen LogP contribution in [0.15, 0.2) is 24.3 Å². The number of fused-ring (bicyclic) bond motifs is 1. The Morgan fingerprint density at radius 2 is 1.86 bits per heavy atom. The Bertz CT molecular complexity index is 680. The summed E-state index contributed by atoms with van der Waals surface area (Å²) in [6, 6.07) is 7.35. The molecule has 0 spiro atoms. The van der Waals surface area contributed by atoms with Crippen molar-refractivity contribution in [1.29, 1.82) is 0 Å². The number of aromatic nitrogens is 2. The van der Waals surface area contributed by atoms with E-state index >= 15 is 0 Å². The van der Waals surface area contributed by atoms with E-state index in [9.17, 15) is 0 Å². The first-order valence-electron chi connectivity index (χ1n) is 6.73. The minimum Gasteiger partial charge on any atom is -0.454 e. The van der Waals surface area contributed by atoms with Gasteiger partial charge in [-0.05, 0) is 12.1 Å². The highest BCUT2D eigenvalue weighted by Gasteiger charge is 2.19. The summed E-state index contributed by atoms with van der Waals surface area (Å²) in [4.78, 5) is 8.81. The molecule has 6 nitrogen and oxygen atoms in total. The maximum Gasteiger partial charge on any atom is 0.231 e. The molecule has 6 heteroatoms. The van der Waals surface area contributed by atoms with Gasteiger partial charge in [0.1, 0.15) is 17.5 Å². The molecule has 0 saturated heterocycles. The van der Waals surface area contributed by atoms with E-state index < -0.39 is 0 Å². The van der Waals surface area contributed by atoms with E-state index in [4.69, 9.17) is 15.2 Å². The zero-order valence-corrected chi connectivity index (χ0v) is 12.3. The van der Waals surface area contributed by atoms with Crippen LogP contribution in [0.1, 0.15) is 26.6 Å². The number of nitrogens with one attached hydrogen (secondary N) is 1. The number of nitrogen functional groups attached to an aromatic ring is 1. The standard InChI is InChI=1S/C15H18N4O2/c1-15(2,3)14-18-12(16)7-13(19-14)17-9-4-5-10-11(6-9)21-8-20-10/h4-7H,8H2,1-3H3,(H3,16,17,18,19). The molecular formula is C15H18N4O2. The molecule has 1 aliphatic rings. The highest BCUT2D eigenvalue weighted by Crippen LogP contribution is 2.35. The van der Waals surface area contributed by atoms with Gasteiger partial charge in [0.15, 0.2) is 11.5 Å². The minimum absolute atomic E-state index is 0.166. The lowest BCUT2D eigenvalue weighted by molar-refractivity contribution is 0.174. The Hall–Kier alpha value is -2.50. The Balaban J connectivity index is 1.89. The van der Waals surface area contributed by atoms with E-state index in [2.05, 4.69) is 15.3 Å². The second kappa shape index (κ2) is 4.80. The molecule has 21 heavy (non-hydrogen) atoms. The number of ether oxygens (including phenoxy) is 2. The van der Waals surface area contributed by atoms with E-state index in [1.165, 1.54) is 0 Å². The zero-order chi connectivity index (χ0) is 15.0. The van der Waals surface area contributed by atoms with E-state index in [0.717, 1.165) is 17.2 Å². The van der Waals surface area contributed by atoms with Gasteiger partial charge in [0.25, 0.3) is 0 Å². The Kier molecular flexibility index (Phi) is 3.08. The first-order valence-corrected chi connectivity index (χ1v) is 6.73. The third kappa shape index (κ3) is 2.84. The van der Waals surface area contributed by atoms with Gasteiger partial charge in [-0.1, -0.05) is 20.8 Å². The maximum absolute atomic E-state index is 5.86. The third-order valence-electron chi connectivity index (χ3n) is 3.06. The van der Waals surface area contributed by atoms with Gasteiger partial charge in [0, 0.05) is 23.2 Å². The van der Waals surface area contributed by atoms with Gasteiger partial charge in [-0.2, -0.15) is 0 Å². The quantitative estimate of drug-likeness (QED) is 0.883. The Labute approximate surface area is 123 Å². The molecule has 0 aliphatic carbocycles. The van der Waals surface area contributed by atoms with Gasteiger partial charge >= 0.3 is 0 Å². The van der Waals surface area contributed by atoms with Crippen molar-refractivity contribution >= 4 is 17.3 Å². The van der Waals surface area contributed by atoms with Crippen molar-refractivity contribution in [2.45, 2.75) is 26.2 Å². The normalized spacial score (nSPS) is 13.3. The molecule has 0 unspecified atom stereocenters. The van der Waals surface area contributed by atoms with Crippen molar-refractivity contribution < 1.29 is 9.47 Å². The van der Waals surface area contributed by atoms with Gasteiger partial charge in [0.05, 0.1) is 0 Å². The molecule has 0 saturated carbocycles. The number of rotatable bonds is 2. The van der Waals surface area contributed by atoms with Crippen molar-refractivity contribution in [1.82, 2.24) is 9.97 Å². The SMILES string of the molecule is CC(C)(C)c1nc(N)cc(Nc2ccc3c(c2)OCO3)n1. The molecule has 1 aromatic heterocycles. The first-order chi connectivity index (χ1) is 9.91. The van der Waals surface area contributed by atoms with Crippen LogP contribution in [0.5, 0.6) is 11.5 Å². The van der Waals surface area contributed by atoms with Crippen LogP contribution in [-0.2, 0) is 5.41 Å². The first kappa shape index (κ1) is 13.5. The van der Waals surface area contributed by atoms with Crippen LogP contribution in [-0.4, -0.2) is 16.8 Å². The molecule has 110 valence electrons. The van der Waals surface area contributed by atoms with Crippen molar-refractivity contribution in [2.75, 3.05) is 17.8 Å². The summed E-state index contributed by atoms with van der Waals surface area (Å²) in [5.41, 5.74) is 6.56. The van der Waals surface area contributed by atoms with Crippen molar-refractivity contribution in [3.8, 4) is 11.5 Å². The van der Waals surface area contributed by atoms with E-state index in [-0.39, 0.29) is 12.2 Å². The topological polar surface area (TPSA) is 82.3 Å². The number of hydrogen-bond acceptors (Lipinski definition) is 6. The molecule has 1 aromatic carbocycles. The molecule has 3 N–H and O–H groups in total. The predicted molar refractivity (Wildman–Crippen MR) is 81.0 cm³/mol. The maximum atomic E-state index is 5.86. The van der Waals surface area contributed by atoms with Crippen molar-refractivity contribution in [2.24, 2.45) is 0 Å². The molecular weight excluding hydrogens is 268 g/mol. The smallest absolute Gasteiger partial charge is 0.231 e. The number of anilines is 3. The summed E-state index contributed by atoms with van der Waals surface area (Å²) in [6.07, 6.45) is 0.